The van der Waals surface area contributed by atoms with Crippen molar-refractivity contribution in [2.45, 2.75) is 19.9 Å². The molecule has 5 nitrogen and oxygen atoms in total. The van der Waals surface area contributed by atoms with Crippen LogP contribution in [-0.2, 0) is 11.8 Å². The molecule has 1 aromatic heterocycles. The molecule has 0 saturated carbocycles. The maximum atomic E-state index is 11.9. The number of aryl methyl sites for hydroxylation is 1. The lowest BCUT2D eigenvalue weighted by Crippen LogP contribution is -2.24. The normalized spacial score (nSPS) is 12.5. The minimum absolute atomic E-state index is 0.0812. The van der Waals surface area contributed by atoms with Crippen LogP contribution in [0.5, 0.6) is 0 Å². The van der Waals surface area contributed by atoms with Crippen LogP contribution in [0.25, 0.3) is 6.08 Å². The summed E-state index contributed by atoms with van der Waals surface area (Å²) in [6, 6.07) is 7.27. The van der Waals surface area contributed by atoms with Gasteiger partial charge in [-0.15, -0.1) is 0 Å². The van der Waals surface area contributed by atoms with E-state index in [-0.39, 0.29) is 11.9 Å². The number of nitrogens with zero attached hydrogens (tertiary/aromatic N) is 2. The molecule has 110 valence electrons. The molecule has 5 heteroatoms. The van der Waals surface area contributed by atoms with Gasteiger partial charge in [-0.1, -0.05) is 12.1 Å². The number of rotatable bonds is 4. The van der Waals surface area contributed by atoms with Crippen LogP contribution in [0, 0.1) is 6.92 Å². The Morgan fingerprint density at radius 1 is 1.38 bits per heavy atom. The SMILES string of the molecule is Cc1c(C(C)NC(=O)/C=C/c2ccc(N)cc2)cnn1C. The Bertz CT molecular complexity index is 655. The average Bonchev–Trinajstić information content (AvgIpc) is 2.78. The van der Waals surface area contributed by atoms with E-state index < -0.39 is 0 Å². The number of nitrogens with one attached hydrogen (secondary N) is 1. The van der Waals surface area contributed by atoms with E-state index in [0.717, 1.165) is 16.8 Å². The molecule has 2 rings (SSSR count). The van der Waals surface area contributed by atoms with Crippen molar-refractivity contribution in [2.24, 2.45) is 7.05 Å². The molecule has 0 fully saturated rings. The van der Waals surface area contributed by atoms with Crippen molar-refractivity contribution in [1.82, 2.24) is 15.1 Å². The lowest BCUT2D eigenvalue weighted by molar-refractivity contribution is -0.117. The summed E-state index contributed by atoms with van der Waals surface area (Å²) >= 11 is 0. The van der Waals surface area contributed by atoms with Crippen molar-refractivity contribution in [3.05, 3.63) is 53.4 Å². The molecule has 3 N–H and O–H groups in total. The number of benzene rings is 1. The number of anilines is 1. The summed E-state index contributed by atoms with van der Waals surface area (Å²) in [5, 5.41) is 7.11. The van der Waals surface area contributed by atoms with E-state index in [1.54, 1.807) is 29.1 Å². The predicted octanol–water partition coefficient (Wildman–Crippen LogP) is 2.20. The second-order valence-electron chi connectivity index (χ2n) is 5.04. The molecule has 0 spiro atoms. The van der Waals surface area contributed by atoms with Crippen LogP contribution in [0.15, 0.2) is 36.5 Å². The zero-order valence-electron chi connectivity index (χ0n) is 12.5. The van der Waals surface area contributed by atoms with Gasteiger partial charge in [-0.2, -0.15) is 5.10 Å². The summed E-state index contributed by atoms with van der Waals surface area (Å²) in [6.45, 7) is 3.92. The first-order valence-electron chi connectivity index (χ1n) is 6.80. The first kappa shape index (κ1) is 14.8. The number of hydrogen-bond donors (Lipinski definition) is 2. The molecule has 0 aliphatic rings. The molecule has 1 heterocycles. The average molecular weight is 284 g/mol. The Kier molecular flexibility index (Phi) is 4.42. The molecule has 21 heavy (non-hydrogen) atoms. The minimum atomic E-state index is -0.137. The topological polar surface area (TPSA) is 72.9 Å². The van der Waals surface area contributed by atoms with E-state index in [2.05, 4.69) is 10.4 Å². The molecular formula is C16H20N4O. The van der Waals surface area contributed by atoms with E-state index in [4.69, 9.17) is 5.73 Å². The quantitative estimate of drug-likeness (QED) is 0.668. The molecule has 1 atom stereocenters. The molecule has 1 unspecified atom stereocenters. The van der Waals surface area contributed by atoms with E-state index in [1.165, 1.54) is 6.08 Å². The second-order valence-corrected chi connectivity index (χ2v) is 5.04. The fourth-order valence-electron chi connectivity index (χ4n) is 2.06. The van der Waals surface area contributed by atoms with Gasteiger partial charge >= 0.3 is 0 Å². The van der Waals surface area contributed by atoms with Crippen molar-refractivity contribution >= 4 is 17.7 Å². The highest BCUT2D eigenvalue weighted by Gasteiger charge is 2.13. The summed E-state index contributed by atoms with van der Waals surface area (Å²) < 4.78 is 1.79. The van der Waals surface area contributed by atoms with Gasteiger partial charge in [-0.3, -0.25) is 9.48 Å². The Hall–Kier alpha value is -2.56. The lowest BCUT2D eigenvalue weighted by Gasteiger charge is -2.12. The van der Waals surface area contributed by atoms with Crippen LogP contribution in [0.4, 0.5) is 5.69 Å². The van der Waals surface area contributed by atoms with E-state index in [9.17, 15) is 4.79 Å². The Balaban J connectivity index is 1.98. The van der Waals surface area contributed by atoms with Crippen LogP contribution in [0.3, 0.4) is 0 Å². The summed E-state index contributed by atoms with van der Waals surface area (Å²) in [6.07, 6.45) is 5.06. The van der Waals surface area contributed by atoms with E-state index >= 15 is 0 Å². The van der Waals surface area contributed by atoms with Gasteiger partial charge in [0.1, 0.15) is 0 Å². The third-order valence-electron chi connectivity index (χ3n) is 3.46. The maximum Gasteiger partial charge on any atom is 0.244 e. The standard InChI is InChI=1S/C16H20N4O/c1-11(15-10-18-20(3)12(15)2)19-16(21)9-6-13-4-7-14(17)8-5-13/h4-11H,17H2,1-3H3,(H,19,21)/b9-6+. The van der Waals surface area contributed by atoms with Crippen molar-refractivity contribution < 1.29 is 4.79 Å². The van der Waals surface area contributed by atoms with Crippen molar-refractivity contribution in [3.63, 3.8) is 0 Å². The van der Waals surface area contributed by atoms with Crippen LogP contribution < -0.4 is 11.1 Å². The highest BCUT2D eigenvalue weighted by molar-refractivity contribution is 5.92. The Labute approximate surface area is 124 Å². The molecule has 0 radical (unpaired) electrons. The van der Waals surface area contributed by atoms with Crippen LogP contribution in [0.1, 0.15) is 29.8 Å². The summed E-state index contributed by atoms with van der Waals surface area (Å²) in [7, 11) is 1.88. The minimum Gasteiger partial charge on any atom is -0.399 e. The molecule has 1 aromatic carbocycles. The van der Waals surface area contributed by atoms with Crippen LogP contribution >= 0.6 is 0 Å². The fourth-order valence-corrected chi connectivity index (χ4v) is 2.06. The highest BCUT2D eigenvalue weighted by Crippen LogP contribution is 2.15. The number of nitrogens with two attached hydrogens (primary N) is 1. The van der Waals surface area contributed by atoms with Crippen molar-refractivity contribution in [1.29, 1.82) is 0 Å². The van der Waals surface area contributed by atoms with Crippen molar-refractivity contribution in [2.75, 3.05) is 5.73 Å². The second kappa shape index (κ2) is 6.26. The molecule has 0 aliphatic carbocycles. The van der Waals surface area contributed by atoms with Gasteiger partial charge in [0.2, 0.25) is 5.91 Å². The van der Waals surface area contributed by atoms with Gasteiger partial charge in [0.05, 0.1) is 12.2 Å². The summed E-state index contributed by atoms with van der Waals surface area (Å²) in [5.74, 6) is -0.137. The zero-order valence-corrected chi connectivity index (χ0v) is 12.5. The Morgan fingerprint density at radius 2 is 2.05 bits per heavy atom. The lowest BCUT2D eigenvalue weighted by atomic mass is 10.1. The maximum absolute atomic E-state index is 11.9. The summed E-state index contributed by atoms with van der Waals surface area (Å²) in [5.41, 5.74) is 9.33. The van der Waals surface area contributed by atoms with Crippen molar-refractivity contribution in [3.8, 4) is 0 Å². The first-order chi connectivity index (χ1) is 9.97. The fraction of sp³-hybridized carbons (Fsp3) is 0.250. The van der Waals surface area contributed by atoms with E-state index in [0.29, 0.717) is 5.69 Å². The van der Waals surface area contributed by atoms with Gasteiger partial charge in [0.15, 0.2) is 0 Å². The number of aromatic nitrogens is 2. The predicted molar refractivity (Wildman–Crippen MR) is 84.4 cm³/mol. The van der Waals surface area contributed by atoms with Gasteiger partial charge < -0.3 is 11.1 Å². The Morgan fingerprint density at radius 3 is 2.62 bits per heavy atom. The number of amides is 1. The third kappa shape index (κ3) is 3.72. The summed E-state index contributed by atoms with van der Waals surface area (Å²) in [4.78, 5) is 11.9. The number of carbonyl (C=O) groups excluding carboxylic acids is 1. The third-order valence-corrected chi connectivity index (χ3v) is 3.46. The number of nitrogen functional groups attached to an aromatic ring is 1. The zero-order chi connectivity index (χ0) is 15.4. The first-order valence-corrected chi connectivity index (χ1v) is 6.80. The molecular weight excluding hydrogens is 264 g/mol. The van der Waals surface area contributed by atoms with E-state index in [1.807, 2.05) is 33.0 Å². The monoisotopic (exact) mass is 284 g/mol. The number of carbonyl (C=O) groups is 1. The molecule has 0 bridgehead atoms. The van der Waals surface area contributed by atoms with Crippen LogP contribution in [0.2, 0.25) is 0 Å². The van der Waals surface area contributed by atoms with Gasteiger partial charge in [0.25, 0.3) is 0 Å². The van der Waals surface area contributed by atoms with Crippen LogP contribution in [-0.4, -0.2) is 15.7 Å². The van der Waals surface area contributed by atoms with Gasteiger partial charge in [0, 0.05) is 30.1 Å². The molecule has 2 aromatic rings. The smallest absolute Gasteiger partial charge is 0.244 e. The van der Waals surface area contributed by atoms with Gasteiger partial charge in [-0.25, -0.2) is 0 Å². The molecule has 0 aliphatic heterocycles. The number of hydrogen-bond acceptors (Lipinski definition) is 3. The van der Waals surface area contributed by atoms with Gasteiger partial charge in [-0.05, 0) is 37.6 Å². The largest absolute Gasteiger partial charge is 0.399 e. The molecule has 0 saturated heterocycles. The highest BCUT2D eigenvalue weighted by atomic mass is 16.1. The molecule has 1 amide bonds.